The van der Waals surface area contributed by atoms with Gasteiger partial charge >= 0.3 is 11.5 Å². The van der Waals surface area contributed by atoms with Gasteiger partial charge in [0.05, 0.1) is 19.4 Å². The molecule has 2 aromatic rings. The molecule has 0 atom stereocenters. The van der Waals surface area contributed by atoms with Gasteiger partial charge in [-0.15, -0.1) is 0 Å². The molecule has 1 aromatic heterocycles. The fourth-order valence-electron chi connectivity index (χ4n) is 2.33. The highest BCUT2D eigenvalue weighted by atomic mass is 32.2. The van der Waals surface area contributed by atoms with E-state index in [4.69, 9.17) is 0 Å². The maximum absolute atomic E-state index is 13.1. The van der Waals surface area contributed by atoms with Crippen LogP contribution in [0, 0.1) is 0 Å². The first-order chi connectivity index (χ1) is 13.9. The molecule has 0 spiro atoms. The Morgan fingerprint density at radius 2 is 1.83 bits per heavy atom. The van der Waals surface area contributed by atoms with E-state index in [9.17, 15) is 35.2 Å². The molecule has 164 valence electrons. The van der Waals surface area contributed by atoms with Gasteiger partial charge in [0.15, 0.2) is 11.5 Å². The second-order valence-corrected chi connectivity index (χ2v) is 8.55. The summed E-state index contributed by atoms with van der Waals surface area (Å²) < 4.78 is 95.0. The Morgan fingerprint density at radius 1 is 1.20 bits per heavy atom. The lowest BCUT2D eigenvalue weighted by Gasteiger charge is -2.24. The third kappa shape index (κ3) is 6.26. The van der Waals surface area contributed by atoms with Crippen LogP contribution in [0.5, 0.6) is 0 Å². The van der Waals surface area contributed by atoms with Gasteiger partial charge in [0, 0.05) is 17.3 Å². The second-order valence-electron chi connectivity index (χ2n) is 5.55. The summed E-state index contributed by atoms with van der Waals surface area (Å²) in [5.41, 5.74) is -5.59. The number of nitrogens with zero attached hydrogens (tertiary/aromatic N) is 3. The number of aromatic nitrogens is 2. The number of thioether (sulfide) groups is 1. The number of alkyl halides is 5. The van der Waals surface area contributed by atoms with Crippen LogP contribution in [0.3, 0.4) is 0 Å². The summed E-state index contributed by atoms with van der Waals surface area (Å²) in [6, 6.07) is 4.77. The minimum atomic E-state index is -4.70. The molecule has 2 rings (SSSR count). The summed E-state index contributed by atoms with van der Waals surface area (Å²) in [4.78, 5) is 18.7. The fourth-order valence-corrected chi connectivity index (χ4v) is 4.63. The van der Waals surface area contributed by atoms with Crippen molar-refractivity contribution in [2.45, 2.75) is 22.6 Å². The van der Waals surface area contributed by atoms with Crippen LogP contribution in [0.1, 0.15) is 16.1 Å². The molecular formula is C16H14F5N3O4S2. The largest absolute Gasteiger partial charge is 0.464 e. The summed E-state index contributed by atoms with van der Waals surface area (Å²) in [5, 5.41) is 0. The lowest BCUT2D eigenvalue weighted by molar-refractivity contribution is -0.0328. The molecule has 7 nitrogen and oxygen atoms in total. The van der Waals surface area contributed by atoms with E-state index < -0.39 is 68.4 Å². The average molecular weight is 471 g/mol. The van der Waals surface area contributed by atoms with Gasteiger partial charge in [0.1, 0.15) is 0 Å². The number of benzene rings is 1. The molecule has 0 saturated carbocycles. The molecule has 0 aliphatic heterocycles. The predicted octanol–water partition coefficient (Wildman–Crippen LogP) is 3.48. The van der Waals surface area contributed by atoms with Gasteiger partial charge in [-0.1, -0.05) is 18.2 Å². The van der Waals surface area contributed by atoms with E-state index in [1.54, 1.807) is 0 Å². The van der Waals surface area contributed by atoms with Crippen LogP contribution in [0.15, 0.2) is 41.6 Å². The molecule has 30 heavy (non-hydrogen) atoms. The highest BCUT2D eigenvalue weighted by Gasteiger charge is 2.34. The van der Waals surface area contributed by atoms with Crippen molar-refractivity contribution in [3.63, 3.8) is 0 Å². The first-order valence-corrected chi connectivity index (χ1v) is 10.4. The number of hydrogen-bond donors (Lipinski definition) is 0. The van der Waals surface area contributed by atoms with Crippen molar-refractivity contribution in [3.05, 3.63) is 47.9 Å². The zero-order chi connectivity index (χ0) is 22.5. The van der Waals surface area contributed by atoms with E-state index in [0.717, 1.165) is 31.6 Å². The van der Waals surface area contributed by atoms with Crippen LogP contribution in [0.25, 0.3) is 0 Å². The molecule has 0 aliphatic rings. The standard InChI is InChI=1S/C16H14F5N3O4S2/c1-28-15(25)13-14(23-7-6-22-13)24(8-12(17)18)30(26,27)9-10-4-2-3-5-11(10)29-16(19,20)21/h2-7,12H,8-9H2,1H3. The zero-order valence-corrected chi connectivity index (χ0v) is 16.8. The van der Waals surface area contributed by atoms with Gasteiger partial charge in [-0.25, -0.2) is 36.3 Å². The van der Waals surface area contributed by atoms with Crippen LogP contribution in [-0.2, 0) is 20.5 Å². The lowest BCUT2D eigenvalue weighted by atomic mass is 10.2. The Morgan fingerprint density at radius 3 is 2.43 bits per heavy atom. The van der Waals surface area contributed by atoms with E-state index in [1.807, 2.05) is 0 Å². The second kappa shape index (κ2) is 9.55. The summed E-state index contributed by atoms with van der Waals surface area (Å²) in [5.74, 6) is -2.89. The van der Waals surface area contributed by atoms with E-state index in [-0.39, 0.29) is 9.87 Å². The molecule has 14 heteroatoms. The maximum Gasteiger partial charge on any atom is 0.446 e. The quantitative estimate of drug-likeness (QED) is 0.331. The number of halogens is 5. The number of rotatable bonds is 8. The summed E-state index contributed by atoms with van der Waals surface area (Å²) in [6.07, 6.45) is -1.17. The molecule has 0 amide bonds. The Labute approximate surface area is 172 Å². The van der Waals surface area contributed by atoms with Crippen molar-refractivity contribution in [2.75, 3.05) is 18.0 Å². The highest BCUT2D eigenvalue weighted by Crippen LogP contribution is 2.39. The van der Waals surface area contributed by atoms with Crippen LogP contribution >= 0.6 is 11.8 Å². The molecule has 0 N–H and O–H groups in total. The Hall–Kier alpha value is -2.48. The van der Waals surface area contributed by atoms with Crippen molar-refractivity contribution in [2.24, 2.45) is 0 Å². The average Bonchev–Trinajstić information content (AvgIpc) is 2.65. The first kappa shape index (κ1) is 23.8. The summed E-state index contributed by atoms with van der Waals surface area (Å²) in [6.45, 7) is -1.39. The number of esters is 1. The normalized spacial score (nSPS) is 12.1. The molecular weight excluding hydrogens is 457 g/mol. The van der Waals surface area contributed by atoms with Crippen molar-refractivity contribution < 1.29 is 39.9 Å². The van der Waals surface area contributed by atoms with Gasteiger partial charge in [-0.3, -0.25) is 0 Å². The van der Waals surface area contributed by atoms with Gasteiger partial charge < -0.3 is 4.74 Å². The molecule has 1 heterocycles. The SMILES string of the molecule is COC(=O)c1nccnc1N(CC(F)F)S(=O)(=O)Cc1ccccc1SC(F)(F)F. The summed E-state index contributed by atoms with van der Waals surface area (Å²) >= 11 is -0.532. The topological polar surface area (TPSA) is 89.5 Å². The minimum Gasteiger partial charge on any atom is -0.464 e. The Bertz CT molecular complexity index is 1000. The number of carbonyl (C=O) groups excluding carboxylic acids is 1. The van der Waals surface area contributed by atoms with Gasteiger partial charge in [0.2, 0.25) is 10.0 Å². The predicted molar refractivity (Wildman–Crippen MR) is 97.7 cm³/mol. The smallest absolute Gasteiger partial charge is 0.446 e. The van der Waals surface area contributed by atoms with Crippen molar-refractivity contribution >= 4 is 33.6 Å². The number of sulfonamides is 1. The van der Waals surface area contributed by atoms with Crippen molar-refractivity contribution in [1.29, 1.82) is 0 Å². The van der Waals surface area contributed by atoms with Crippen molar-refractivity contribution in [1.82, 2.24) is 9.97 Å². The van der Waals surface area contributed by atoms with Gasteiger partial charge in [0.25, 0.3) is 6.43 Å². The Kier molecular flexibility index (Phi) is 7.58. The fraction of sp³-hybridized carbons (Fsp3) is 0.312. The van der Waals surface area contributed by atoms with Crippen molar-refractivity contribution in [3.8, 4) is 0 Å². The lowest BCUT2D eigenvalue weighted by Crippen LogP contribution is -2.38. The number of methoxy groups -OCH3 is 1. The Balaban J connectivity index is 2.51. The molecule has 0 saturated heterocycles. The van der Waals surface area contributed by atoms with E-state index in [1.165, 1.54) is 12.1 Å². The summed E-state index contributed by atoms with van der Waals surface area (Å²) in [7, 11) is -3.73. The third-order valence-corrected chi connectivity index (χ3v) is 5.99. The molecule has 0 bridgehead atoms. The number of ether oxygens (including phenoxy) is 1. The monoisotopic (exact) mass is 471 g/mol. The minimum absolute atomic E-state index is 0.145. The molecule has 1 aromatic carbocycles. The van der Waals surface area contributed by atoms with Crippen LogP contribution < -0.4 is 4.31 Å². The van der Waals surface area contributed by atoms with Crippen LogP contribution in [-0.4, -0.2) is 49.9 Å². The molecule has 0 unspecified atom stereocenters. The number of carbonyl (C=O) groups is 1. The van der Waals surface area contributed by atoms with E-state index in [0.29, 0.717) is 0 Å². The molecule has 0 fully saturated rings. The van der Waals surface area contributed by atoms with Crippen LogP contribution in [0.4, 0.5) is 27.8 Å². The first-order valence-electron chi connectivity index (χ1n) is 7.96. The molecule has 0 aliphatic carbocycles. The highest BCUT2D eigenvalue weighted by molar-refractivity contribution is 8.00. The molecule has 0 radical (unpaired) electrons. The van der Waals surface area contributed by atoms with E-state index >= 15 is 0 Å². The zero-order valence-electron chi connectivity index (χ0n) is 15.1. The third-order valence-electron chi connectivity index (χ3n) is 3.47. The van der Waals surface area contributed by atoms with Gasteiger partial charge in [-0.05, 0) is 23.4 Å². The number of hydrogen-bond acceptors (Lipinski definition) is 7. The number of anilines is 1. The maximum atomic E-state index is 13.1. The van der Waals surface area contributed by atoms with E-state index in [2.05, 4.69) is 14.7 Å². The van der Waals surface area contributed by atoms with Gasteiger partial charge in [-0.2, -0.15) is 13.2 Å². The van der Waals surface area contributed by atoms with Crippen LogP contribution in [0.2, 0.25) is 0 Å².